The van der Waals surface area contributed by atoms with Gasteiger partial charge in [0, 0.05) is 72.6 Å². The average molecular weight is 981 g/mol. The Bertz CT molecular complexity index is 2790. The number of hydrogen-bond acceptors (Lipinski definition) is 14. The minimum absolute atomic E-state index is 0.163. The predicted octanol–water partition coefficient (Wildman–Crippen LogP) is 12.2. The van der Waals surface area contributed by atoms with E-state index >= 15 is 9.59 Å². The molecule has 0 spiro atoms. The summed E-state index contributed by atoms with van der Waals surface area (Å²) in [5.74, 6) is -3.31. The van der Waals surface area contributed by atoms with E-state index < -0.39 is 35.4 Å². The molecule has 6 aromatic rings. The van der Waals surface area contributed by atoms with Crippen molar-refractivity contribution in [1.29, 1.82) is 0 Å². The summed E-state index contributed by atoms with van der Waals surface area (Å²) in [7, 11) is 0. The molecule has 0 radical (unpaired) electrons. The van der Waals surface area contributed by atoms with Crippen molar-refractivity contribution >= 4 is 82.5 Å². The molecular formula is C54H44O10S4. The van der Waals surface area contributed by atoms with Crippen molar-refractivity contribution in [3.05, 3.63) is 190 Å². The third-order valence-corrected chi connectivity index (χ3v) is 14.5. The Morgan fingerprint density at radius 3 is 1.06 bits per heavy atom. The number of aryl methyl sites for hydroxylation is 2. The van der Waals surface area contributed by atoms with Gasteiger partial charge < -0.3 is 18.9 Å². The highest BCUT2D eigenvalue weighted by molar-refractivity contribution is 8.00. The standard InChI is InChI=1S/C54H44O10S4/c1-31(2)51(57)61-27-29-63-53(59)37-11-7-9-13-39(37)67-43-25-23-41(65-35-19-15-33(5)16-20-35)45-47(43)49(55)46-42(66-36-21-17-34(6)18-22-36)24-26-44(48(46)50(45)56)68-40-14-10-8-12-38(40)54(60)64-30-28-62-52(58)32(3)4/h7-26H,1,3,27-30H2,2,4-6H3. The minimum atomic E-state index is -0.665. The van der Waals surface area contributed by atoms with Gasteiger partial charge in [0.2, 0.25) is 0 Å². The first-order valence-corrected chi connectivity index (χ1v) is 24.4. The van der Waals surface area contributed by atoms with Crippen LogP contribution in [0.4, 0.5) is 0 Å². The van der Waals surface area contributed by atoms with E-state index in [1.54, 1.807) is 60.7 Å². The fourth-order valence-corrected chi connectivity index (χ4v) is 10.8. The summed E-state index contributed by atoms with van der Waals surface area (Å²) < 4.78 is 21.2. The SMILES string of the molecule is C=C(C)C(=O)OCCOC(=O)c1ccccc1Sc1ccc(Sc2ccc(C)cc2)c2c1C(=O)c1c(Sc3ccc(C)cc3)ccc(Sc3ccccc3C(=O)OCCOC(=O)C(=C)C)c1C2=O. The quantitative estimate of drug-likeness (QED) is 0.0349. The Balaban J connectivity index is 1.31. The zero-order valence-corrected chi connectivity index (χ0v) is 40.8. The summed E-state index contributed by atoms with van der Waals surface area (Å²) >= 11 is 5.04. The van der Waals surface area contributed by atoms with Gasteiger partial charge in [-0.3, -0.25) is 9.59 Å². The van der Waals surface area contributed by atoms with Gasteiger partial charge in [-0.15, -0.1) is 0 Å². The average Bonchev–Trinajstić information content (AvgIpc) is 3.33. The lowest BCUT2D eigenvalue weighted by atomic mass is 9.84. The van der Waals surface area contributed by atoms with Crippen LogP contribution in [0.2, 0.25) is 0 Å². The van der Waals surface area contributed by atoms with E-state index in [9.17, 15) is 19.2 Å². The van der Waals surface area contributed by atoms with Crippen molar-refractivity contribution in [2.75, 3.05) is 26.4 Å². The van der Waals surface area contributed by atoms with Gasteiger partial charge in [-0.2, -0.15) is 0 Å². The van der Waals surface area contributed by atoms with E-state index in [-0.39, 0.29) is 71.0 Å². The number of carbonyl (C=O) groups excluding carboxylic acids is 6. The van der Waals surface area contributed by atoms with E-state index in [2.05, 4.69) is 13.2 Å². The molecule has 0 fully saturated rings. The van der Waals surface area contributed by atoms with Gasteiger partial charge in [-0.25, -0.2) is 19.2 Å². The Hall–Kier alpha value is -6.58. The number of ether oxygens (including phenoxy) is 4. The molecule has 68 heavy (non-hydrogen) atoms. The molecule has 344 valence electrons. The first-order valence-electron chi connectivity index (χ1n) is 21.2. The lowest BCUT2D eigenvalue weighted by Crippen LogP contribution is -2.24. The van der Waals surface area contributed by atoms with Gasteiger partial charge in [0.15, 0.2) is 11.6 Å². The number of fused-ring (bicyclic) bond motifs is 2. The van der Waals surface area contributed by atoms with Crippen molar-refractivity contribution in [1.82, 2.24) is 0 Å². The maximum atomic E-state index is 15.6. The second kappa shape index (κ2) is 22.5. The number of rotatable bonds is 18. The molecular weight excluding hydrogens is 937 g/mol. The summed E-state index contributed by atoms with van der Waals surface area (Å²) in [6.07, 6.45) is 0. The Morgan fingerprint density at radius 1 is 0.412 bits per heavy atom. The molecule has 1 aliphatic rings. The fraction of sp³-hybridized carbons (Fsp3) is 0.148. The van der Waals surface area contributed by atoms with Crippen LogP contribution in [0.1, 0.15) is 77.5 Å². The molecule has 0 saturated heterocycles. The second-order valence-corrected chi connectivity index (χ2v) is 19.8. The van der Waals surface area contributed by atoms with Crippen LogP contribution in [0.25, 0.3) is 0 Å². The van der Waals surface area contributed by atoms with Crippen LogP contribution in [-0.4, -0.2) is 61.9 Å². The molecule has 0 atom stereocenters. The molecule has 0 unspecified atom stereocenters. The Labute approximate surface area is 411 Å². The largest absolute Gasteiger partial charge is 0.459 e. The Kier molecular flexibility index (Phi) is 16.3. The summed E-state index contributed by atoms with van der Waals surface area (Å²) in [5, 5.41) is 0. The third kappa shape index (κ3) is 11.7. The van der Waals surface area contributed by atoms with E-state index in [1.807, 2.05) is 74.5 Å². The minimum Gasteiger partial charge on any atom is -0.459 e. The molecule has 0 bridgehead atoms. The monoisotopic (exact) mass is 980 g/mol. The zero-order chi connectivity index (χ0) is 48.5. The lowest BCUT2D eigenvalue weighted by molar-refractivity contribution is -0.140. The molecule has 10 nitrogen and oxygen atoms in total. The summed E-state index contributed by atoms with van der Waals surface area (Å²) in [4.78, 5) is 86.7. The molecule has 0 aliphatic heterocycles. The molecule has 6 aromatic carbocycles. The van der Waals surface area contributed by atoms with E-state index in [0.29, 0.717) is 29.4 Å². The fourth-order valence-electron chi connectivity index (χ4n) is 6.71. The summed E-state index contributed by atoms with van der Waals surface area (Å²) in [6.45, 7) is 13.4. The predicted molar refractivity (Wildman–Crippen MR) is 264 cm³/mol. The van der Waals surface area contributed by atoms with Gasteiger partial charge in [0.25, 0.3) is 0 Å². The molecule has 7 rings (SSSR count). The topological polar surface area (TPSA) is 139 Å². The van der Waals surface area contributed by atoms with Crippen LogP contribution >= 0.6 is 47.0 Å². The number of ketones is 2. The Morgan fingerprint density at radius 2 is 0.721 bits per heavy atom. The van der Waals surface area contributed by atoms with Crippen molar-refractivity contribution < 1.29 is 47.7 Å². The molecule has 0 heterocycles. The van der Waals surface area contributed by atoms with Crippen molar-refractivity contribution in [3.8, 4) is 0 Å². The van der Waals surface area contributed by atoms with Crippen LogP contribution in [-0.2, 0) is 28.5 Å². The number of esters is 4. The van der Waals surface area contributed by atoms with Crippen molar-refractivity contribution in [3.63, 3.8) is 0 Å². The van der Waals surface area contributed by atoms with Crippen LogP contribution in [0.3, 0.4) is 0 Å². The molecule has 0 N–H and O–H groups in total. The first-order chi connectivity index (χ1) is 32.7. The van der Waals surface area contributed by atoms with E-state index in [1.165, 1.54) is 37.4 Å². The molecule has 0 aromatic heterocycles. The zero-order valence-electron chi connectivity index (χ0n) is 37.5. The maximum absolute atomic E-state index is 15.6. The van der Waals surface area contributed by atoms with Gasteiger partial charge in [-0.1, -0.05) is 120 Å². The van der Waals surface area contributed by atoms with Gasteiger partial charge in [-0.05, 0) is 100 Å². The normalized spacial score (nSPS) is 11.5. The van der Waals surface area contributed by atoms with E-state index in [4.69, 9.17) is 18.9 Å². The molecule has 1 aliphatic carbocycles. The van der Waals surface area contributed by atoms with Crippen molar-refractivity contribution in [2.45, 2.75) is 66.9 Å². The first kappa shape index (κ1) is 49.3. The summed E-state index contributed by atoms with van der Waals surface area (Å²) in [5.41, 5.74) is 3.76. The molecule has 14 heteroatoms. The van der Waals surface area contributed by atoms with Crippen LogP contribution < -0.4 is 0 Å². The van der Waals surface area contributed by atoms with Gasteiger partial charge >= 0.3 is 23.9 Å². The van der Waals surface area contributed by atoms with Crippen LogP contribution in [0.15, 0.2) is 185 Å². The van der Waals surface area contributed by atoms with Crippen molar-refractivity contribution in [2.24, 2.45) is 0 Å². The highest BCUT2D eigenvalue weighted by atomic mass is 32.2. The highest BCUT2D eigenvalue weighted by Gasteiger charge is 2.39. The lowest BCUT2D eigenvalue weighted by Gasteiger charge is -2.26. The van der Waals surface area contributed by atoms with Crippen LogP contribution in [0.5, 0.6) is 0 Å². The molecule has 0 saturated carbocycles. The van der Waals surface area contributed by atoms with Gasteiger partial charge in [0.1, 0.15) is 26.4 Å². The molecule has 0 amide bonds. The van der Waals surface area contributed by atoms with Crippen LogP contribution in [0, 0.1) is 13.8 Å². The smallest absolute Gasteiger partial charge is 0.339 e. The van der Waals surface area contributed by atoms with Gasteiger partial charge in [0.05, 0.1) is 11.1 Å². The number of carbonyl (C=O) groups is 6. The highest BCUT2D eigenvalue weighted by Crippen LogP contribution is 2.49. The second-order valence-electron chi connectivity index (χ2n) is 15.4. The summed E-state index contributed by atoms with van der Waals surface area (Å²) in [6, 6.07) is 36.5. The number of hydrogen-bond donors (Lipinski definition) is 0. The number of benzene rings is 6. The third-order valence-electron chi connectivity index (χ3n) is 10.1. The maximum Gasteiger partial charge on any atom is 0.339 e. The van der Waals surface area contributed by atoms with E-state index in [0.717, 1.165) is 44.4 Å².